The summed E-state index contributed by atoms with van der Waals surface area (Å²) in [5.41, 5.74) is 2.36. The van der Waals surface area contributed by atoms with Gasteiger partial charge in [0.1, 0.15) is 0 Å². The van der Waals surface area contributed by atoms with Gasteiger partial charge in [-0.05, 0) is 24.5 Å². The van der Waals surface area contributed by atoms with Gasteiger partial charge in [0.2, 0.25) is 0 Å². The maximum absolute atomic E-state index is 11.1. The van der Waals surface area contributed by atoms with Crippen LogP contribution in [0.15, 0.2) is 36.4 Å². The van der Waals surface area contributed by atoms with Crippen LogP contribution in [0.25, 0.3) is 0 Å². The summed E-state index contributed by atoms with van der Waals surface area (Å²) in [6.07, 6.45) is 3.50. The Balaban J connectivity index is 1.92. The lowest BCUT2D eigenvalue weighted by molar-refractivity contribution is 0.0689. The monoisotopic (exact) mass is 256 g/mol. The van der Waals surface area contributed by atoms with E-state index in [-0.39, 0.29) is 5.69 Å². The highest BCUT2D eigenvalue weighted by Crippen LogP contribution is 2.36. The lowest BCUT2D eigenvalue weighted by Crippen LogP contribution is -2.15. The molecule has 0 unspecified atom stereocenters. The van der Waals surface area contributed by atoms with Crippen LogP contribution in [0.5, 0.6) is 0 Å². The Bertz CT molecular complexity index is 585. The van der Waals surface area contributed by atoms with Crippen LogP contribution in [0.3, 0.4) is 0 Å². The zero-order chi connectivity index (χ0) is 13.2. The second-order valence-electron chi connectivity index (χ2n) is 5.03. The molecule has 0 radical (unpaired) electrons. The lowest BCUT2D eigenvalue weighted by atomic mass is 9.83. The fraction of sp³-hybridized carbons (Fsp3) is 0.333. The summed E-state index contributed by atoms with van der Waals surface area (Å²) >= 11 is 0. The zero-order valence-corrected chi connectivity index (χ0v) is 10.6. The third kappa shape index (κ3) is 2.38. The summed E-state index contributed by atoms with van der Waals surface area (Å²) in [5, 5.41) is 13.3. The second kappa shape index (κ2) is 4.88. The number of aromatic carboxylic acids is 1. The Morgan fingerprint density at radius 1 is 1.32 bits per heavy atom. The molecule has 0 saturated heterocycles. The minimum absolute atomic E-state index is 0.151. The van der Waals surface area contributed by atoms with Crippen molar-refractivity contribution in [1.82, 2.24) is 9.78 Å². The number of carboxylic acid groups (broad SMARTS) is 1. The molecule has 3 rings (SSSR count). The molecule has 98 valence electrons. The van der Waals surface area contributed by atoms with Gasteiger partial charge in [-0.2, -0.15) is 5.10 Å². The van der Waals surface area contributed by atoms with Gasteiger partial charge < -0.3 is 5.11 Å². The number of nitrogens with zero attached hydrogens (tertiary/aromatic N) is 2. The lowest BCUT2D eigenvalue weighted by Gasteiger charge is -2.26. The minimum Gasteiger partial charge on any atom is -0.476 e. The molecule has 0 atom stereocenters. The summed E-state index contributed by atoms with van der Waals surface area (Å²) in [7, 11) is 0. The Morgan fingerprint density at radius 2 is 2.05 bits per heavy atom. The van der Waals surface area contributed by atoms with E-state index in [0.29, 0.717) is 12.5 Å². The predicted molar refractivity (Wildman–Crippen MR) is 71.3 cm³/mol. The van der Waals surface area contributed by atoms with Gasteiger partial charge in [0, 0.05) is 11.6 Å². The van der Waals surface area contributed by atoms with E-state index in [1.54, 1.807) is 6.07 Å². The molecule has 1 N–H and O–H groups in total. The highest BCUT2D eigenvalue weighted by molar-refractivity contribution is 5.85. The van der Waals surface area contributed by atoms with Crippen molar-refractivity contribution in [1.29, 1.82) is 0 Å². The Morgan fingerprint density at radius 3 is 2.63 bits per heavy atom. The average molecular weight is 256 g/mol. The fourth-order valence-corrected chi connectivity index (χ4v) is 2.45. The van der Waals surface area contributed by atoms with Crippen molar-refractivity contribution in [2.24, 2.45) is 0 Å². The molecule has 0 amide bonds. The third-order valence-electron chi connectivity index (χ3n) is 3.73. The molecule has 1 aromatic carbocycles. The van der Waals surface area contributed by atoms with Crippen LogP contribution in [0.1, 0.15) is 46.9 Å². The van der Waals surface area contributed by atoms with E-state index in [1.807, 2.05) is 35.0 Å². The molecule has 19 heavy (non-hydrogen) atoms. The van der Waals surface area contributed by atoms with Crippen LogP contribution in [-0.2, 0) is 6.54 Å². The van der Waals surface area contributed by atoms with Crippen LogP contribution < -0.4 is 0 Å². The molecule has 0 aliphatic heterocycles. The molecule has 0 spiro atoms. The summed E-state index contributed by atoms with van der Waals surface area (Å²) < 4.78 is 1.85. The zero-order valence-electron chi connectivity index (χ0n) is 10.6. The van der Waals surface area contributed by atoms with Gasteiger partial charge in [0.05, 0.1) is 6.54 Å². The average Bonchev–Trinajstić information content (AvgIpc) is 2.73. The normalized spacial score (nSPS) is 15.2. The number of rotatable bonds is 4. The Labute approximate surface area is 111 Å². The summed E-state index contributed by atoms with van der Waals surface area (Å²) in [6.45, 7) is 0.639. The van der Waals surface area contributed by atoms with Gasteiger partial charge in [0.15, 0.2) is 5.69 Å². The number of benzene rings is 1. The molecule has 1 aliphatic rings. The molecular weight excluding hydrogens is 240 g/mol. The maximum atomic E-state index is 11.1. The maximum Gasteiger partial charge on any atom is 0.356 e. The van der Waals surface area contributed by atoms with E-state index in [1.165, 1.54) is 6.42 Å². The van der Waals surface area contributed by atoms with Crippen molar-refractivity contribution in [2.45, 2.75) is 31.7 Å². The van der Waals surface area contributed by atoms with Gasteiger partial charge >= 0.3 is 5.97 Å². The van der Waals surface area contributed by atoms with E-state index in [0.717, 1.165) is 24.1 Å². The standard InChI is InChI=1S/C15H16N2O2/c18-15(19)13-9-14(12-7-4-8-12)17(16-13)10-11-5-2-1-3-6-11/h1-3,5-6,9,12H,4,7-8,10H2,(H,18,19). The highest BCUT2D eigenvalue weighted by Gasteiger charge is 2.25. The third-order valence-corrected chi connectivity index (χ3v) is 3.73. The van der Waals surface area contributed by atoms with Gasteiger partial charge in [0.25, 0.3) is 0 Å². The molecular formula is C15H16N2O2. The van der Waals surface area contributed by atoms with Crippen molar-refractivity contribution >= 4 is 5.97 Å². The first-order chi connectivity index (χ1) is 9.24. The minimum atomic E-state index is -0.951. The first-order valence-corrected chi connectivity index (χ1v) is 6.59. The van der Waals surface area contributed by atoms with Gasteiger partial charge in [-0.25, -0.2) is 4.79 Å². The fourth-order valence-electron chi connectivity index (χ4n) is 2.45. The van der Waals surface area contributed by atoms with Crippen molar-refractivity contribution in [2.75, 3.05) is 0 Å². The SMILES string of the molecule is O=C(O)c1cc(C2CCC2)n(Cc2ccccc2)n1. The van der Waals surface area contributed by atoms with E-state index in [9.17, 15) is 4.79 Å². The van der Waals surface area contributed by atoms with Gasteiger partial charge in [-0.1, -0.05) is 36.8 Å². The quantitative estimate of drug-likeness (QED) is 0.915. The van der Waals surface area contributed by atoms with Crippen LogP contribution >= 0.6 is 0 Å². The first-order valence-electron chi connectivity index (χ1n) is 6.59. The number of aromatic nitrogens is 2. The summed E-state index contributed by atoms with van der Waals surface area (Å²) in [4.78, 5) is 11.1. The van der Waals surface area contributed by atoms with Crippen molar-refractivity contribution in [3.8, 4) is 0 Å². The summed E-state index contributed by atoms with van der Waals surface area (Å²) in [6, 6.07) is 11.7. The second-order valence-corrected chi connectivity index (χ2v) is 5.03. The smallest absolute Gasteiger partial charge is 0.356 e. The Hall–Kier alpha value is -2.10. The van der Waals surface area contributed by atoms with E-state index >= 15 is 0 Å². The number of carbonyl (C=O) groups is 1. The van der Waals surface area contributed by atoms with Gasteiger partial charge in [-0.3, -0.25) is 4.68 Å². The molecule has 4 heteroatoms. The molecule has 4 nitrogen and oxygen atoms in total. The van der Waals surface area contributed by atoms with Crippen molar-refractivity contribution < 1.29 is 9.90 Å². The molecule has 1 saturated carbocycles. The largest absolute Gasteiger partial charge is 0.476 e. The molecule has 2 aromatic rings. The van der Waals surface area contributed by atoms with E-state index < -0.39 is 5.97 Å². The first kappa shape index (κ1) is 12.0. The van der Waals surface area contributed by atoms with E-state index in [4.69, 9.17) is 5.11 Å². The van der Waals surface area contributed by atoms with Crippen molar-refractivity contribution in [3.63, 3.8) is 0 Å². The van der Waals surface area contributed by atoms with Crippen LogP contribution in [-0.4, -0.2) is 20.9 Å². The molecule has 1 aliphatic carbocycles. The molecule has 0 bridgehead atoms. The number of hydrogen-bond donors (Lipinski definition) is 1. The Kier molecular flexibility index (Phi) is 3.07. The van der Waals surface area contributed by atoms with Crippen LogP contribution in [0.2, 0.25) is 0 Å². The van der Waals surface area contributed by atoms with E-state index in [2.05, 4.69) is 5.10 Å². The topological polar surface area (TPSA) is 55.1 Å². The molecule has 1 aromatic heterocycles. The van der Waals surface area contributed by atoms with Crippen LogP contribution in [0.4, 0.5) is 0 Å². The summed E-state index contributed by atoms with van der Waals surface area (Å²) in [5.74, 6) is -0.475. The van der Waals surface area contributed by atoms with Crippen LogP contribution in [0, 0.1) is 0 Å². The van der Waals surface area contributed by atoms with Crippen molar-refractivity contribution in [3.05, 3.63) is 53.3 Å². The predicted octanol–water partition coefficient (Wildman–Crippen LogP) is 2.90. The van der Waals surface area contributed by atoms with Gasteiger partial charge in [-0.15, -0.1) is 0 Å². The molecule has 1 fully saturated rings. The highest BCUT2D eigenvalue weighted by atomic mass is 16.4. The number of carboxylic acids is 1. The number of hydrogen-bond acceptors (Lipinski definition) is 2. The molecule has 1 heterocycles.